The first kappa shape index (κ1) is 14.5. The van der Waals surface area contributed by atoms with Gasteiger partial charge in [-0.3, -0.25) is 4.90 Å². The van der Waals surface area contributed by atoms with Gasteiger partial charge < -0.3 is 4.74 Å². The summed E-state index contributed by atoms with van der Waals surface area (Å²) < 4.78 is 18.8. The highest BCUT2D eigenvalue weighted by Crippen LogP contribution is 2.33. The summed E-state index contributed by atoms with van der Waals surface area (Å²) in [6.07, 6.45) is 4.80. The molecule has 0 spiro atoms. The monoisotopic (exact) mass is 310 g/mol. The van der Waals surface area contributed by atoms with E-state index in [0.29, 0.717) is 12.6 Å². The lowest BCUT2D eigenvalue weighted by atomic mass is 9.90. The molecule has 2 aliphatic rings. The zero-order valence-corrected chi connectivity index (χ0v) is 12.9. The number of nitrogens with zero attached hydrogens (tertiary/aromatic N) is 2. The van der Waals surface area contributed by atoms with Gasteiger partial charge in [0.15, 0.2) is 0 Å². The van der Waals surface area contributed by atoms with Crippen LogP contribution in [0.2, 0.25) is 0 Å². The van der Waals surface area contributed by atoms with Crippen LogP contribution in [0.15, 0.2) is 54.7 Å². The molecule has 3 nitrogen and oxygen atoms in total. The van der Waals surface area contributed by atoms with Crippen molar-refractivity contribution in [3.8, 4) is 0 Å². The second-order valence-electron chi connectivity index (χ2n) is 6.18. The average molecular weight is 310 g/mol. The first-order valence-electron chi connectivity index (χ1n) is 7.99. The van der Waals surface area contributed by atoms with Gasteiger partial charge in [-0.2, -0.15) is 4.39 Å². The van der Waals surface area contributed by atoms with Gasteiger partial charge in [-0.1, -0.05) is 36.4 Å². The molecule has 2 atom stereocenters. The van der Waals surface area contributed by atoms with Gasteiger partial charge in [-0.15, -0.1) is 0 Å². The Morgan fingerprint density at radius 1 is 1.13 bits per heavy atom. The van der Waals surface area contributed by atoms with Crippen molar-refractivity contribution < 1.29 is 9.13 Å². The van der Waals surface area contributed by atoms with Crippen molar-refractivity contribution in [2.45, 2.75) is 25.0 Å². The molecule has 4 heteroatoms. The molecule has 0 aliphatic carbocycles. The first-order chi connectivity index (χ1) is 11.3. The van der Waals surface area contributed by atoms with Crippen molar-refractivity contribution in [2.24, 2.45) is 0 Å². The third kappa shape index (κ3) is 3.05. The summed E-state index contributed by atoms with van der Waals surface area (Å²) in [5, 5.41) is 0. The van der Waals surface area contributed by atoms with Crippen molar-refractivity contribution in [3.63, 3.8) is 0 Å². The van der Waals surface area contributed by atoms with Crippen LogP contribution in [0.3, 0.4) is 0 Å². The lowest BCUT2D eigenvalue weighted by Crippen LogP contribution is -2.53. The quantitative estimate of drug-likeness (QED) is 0.814. The molecule has 2 aliphatic heterocycles. The van der Waals surface area contributed by atoms with Gasteiger partial charge in [0, 0.05) is 18.8 Å². The Morgan fingerprint density at radius 3 is 2.74 bits per heavy atom. The number of morpholine rings is 1. The Kier molecular flexibility index (Phi) is 3.93. The van der Waals surface area contributed by atoms with Crippen LogP contribution in [0.4, 0.5) is 4.39 Å². The maximum absolute atomic E-state index is 13.0. The fraction of sp³-hybridized carbons (Fsp3) is 0.316. The number of ether oxygens (including phenoxy) is 1. The molecule has 0 N–H and O–H groups in total. The molecule has 1 aromatic heterocycles. The molecule has 1 saturated heterocycles. The third-order valence-electron chi connectivity index (χ3n) is 4.65. The number of fused-ring (bicyclic) bond motifs is 2. The first-order valence-corrected chi connectivity index (χ1v) is 7.99. The molecule has 1 aromatic carbocycles. The predicted octanol–water partition coefficient (Wildman–Crippen LogP) is 3.28. The van der Waals surface area contributed by atoms with E-state index in [4.69, 9.17) is 4.74 Å². The summed E-state index contributed by atoms with van der Waals surface area (Å²) in [6, 6.07) is 14.4. The van der Waals surface area contributed by atoms with E-state index in [1.54, 1.807) is 6.20 Å². The number of hydrogen-bond acceptors (Lipinski definition) is 3. The van der Waals surface area contributed by atoms with E-state index >= 15 is 0 Å². The Morgan fingerprint density at radius 2 is 2.00 bits per heavy atom. The minimum atomic E-state index is -0.431. The molecule has 0 radical (unpaired) electrons. The Labute approximate surface area is 135 Å². The van der Waals surface area contributed by atoms with Crippen LogP contribution in [0.25, 0.3) is 5.57 Å². The predicted molar refractivity (Wildman–Crippen MR) is 87.2 cm³/mol. The Balaban J connectivity index is 1.59. The van der Waals surface area contributed by atoms with Crippen LogP contribution in [0, 0.1) is 5.95 Å². The van der Waals surface area contributed by atoms with E-state index in [1.165, 1.54) is 17.2 Å². The topological polar surface area (TPSA) is 25.4 Å². The van der Waals surface area contributed by atoms with Gasteiger partial charge in [0.25, 0.3) is 0 Å². The van der Waals surface area contributed by atoms with Crippen LogP contribution >= 0.6 is 0 Å². The molecule has 23 heavy (non-hydrogen) atoms. The van der Waals surface area contributed by atoms with Crippen LogP contribution in [-0.4, -0.2) is 35.2 Å². The Bertz CT molecular complexity index is 699. The molecule has 118 valence electrons. The van der Waals surface area contributed by atoms with Crippen molar-refractivity contribution in [2.75, 3.05) is 13.2 Å². The van der Waals surface area contributed by atoms with Gasteiger partial charge in [-0.05, 0) is 35.3 Å². The molecule has 4 rings (SSSR count). The zero-order chi connectivity index (χ0) is 15.6. The second-order valence-corrected chi connectivity index (χ2v) is 6.18. The van der Waals surface area contributed by atoms with Crippen molar-refractivity contribution in [3.05, 3.63) is 71.8 Å². The summed E-state index contributed by atoms with van der Waals surface area (Å²) in [5.41, 5.74) is 3.59. The lowest BCUT2D eigenvalue weighted by molar-refractivity contribution is -0.0402. The minimum absolute atomic E-state index is 0.266. The summed E-state index contributed by atoms with van der Waals surface area (Å²) in [6.45, 7) is 2.39. The number of benzene rings is 1. The van der Waals surface area contributed by atoms with E-state index in [9.17, 15) is 4.39 Å². The normalized spacial score (nSPS) is 24.3. The standard InChI is InChI=1S/C19H19FN2O/c20-19-7-6-15(10-21-19)16-8-17-12-23-13-18(9-16)22(17)11-14-4-2-1-3-5-14/h1-8,10,17-18H,9,11-13H2. The van der Waals surface area contributed by atoms with E-state index in [2.05, 4.69) is 40.2 Å². The van der Waals surface area contributed by atoms with Crippen LogP contribution in [0.5, 0.6) is 0 Å². The number of aromatic nitrogens is 1. The largest absolute Gasteiger partial charge is 0.378 e. The van der Waals surface area contributed by atoms with Crippen LogP contribution in [0.1, 0.15) is 17.5 Å². The SMILES string of the molecule is Fc1ccc(C2=CC3COCC(C2)N3Cc2ccccc2)cn1. The summed E-state index contributed by atoms with van der Waals surface area (Å²) in [5.74, 6) is -0.431. The van der Waals surface area contributed by atoms with Gasteiger partial charge in [0.2, 0.25) is 5.95 Å². The molecule has 1 fully saturated rings. The van der Waals surface area contributed by atoms with Gasteiger partial charge in [-0.25, -0.2) is 4.98 Å². The fourth-order valence-electron chi connectivity index (χ4n) is 3.48. The number of hydrogen-bond donors (Lipinski definition) is 0. The average Bonchev–Trinajstić information content (AvgIpc) is 2.56. The highest BCUT2D eigenvalue weighted by molar-refractivity contribution is 5.67. The van der Waals surface area contributed by atoms with Gasteiger partial charge in [0.05, 0.1) is 19.3 Å². The molecule has 3 heterocycles. The van der Waals surface area contributed by atoms with Gasteiger partial charge in [0.1, 0.15) is 0 Å². The zero-order valence-electron chi connectivity index (χ0n) is 12.9. The summed E-state index contributed by atoms with van der Waals surface area (Å²) in [7, 11) is 0. The number of rotatable bonds is 3. The highest BCUT2D eigenvalue weighted by atomic mass is 19.1. The molecular weight excluding hydrogens is 291 g/mol. The van der Waals surface area contributed by atoms with E-state index < -0.39 is 5.95 Å². The summed E-state index contributed by atoms with van der Waals surface area (Å²) >= 11 is 0. The van der Waals surface area contributed by atoms with Crippen molar-refractivity contribution in [1.29, 1.82) is 0 Å². The van der Waals surface area contributed by atoms with Crippen molar-refractivity contribution >= 4 is 5.57 Å². The third-order valence-corrected chi connectivity index (χ3v) is 4.65. The van der Waals surface area contributed by atoms with Gasteiger partial charge >= 0.3 is 0 Å². The van der Waals surface area contributed by atoms with Crippen LogP contribution < -0.4 is 0 Å². The molecule has 0 saturated carbocycles. The van der Waals surface area contributed by atoms with E-state index in [0.717, 1.165) is 25.1 Å². The molecule has 2 unspecified atom stereocenters. The fourth-order valence-corrected chi connectivity index (χ4v) is 3.48. The van der Waals surface area contributed by atoms with E-state index in [-0.39, 0.29) is 6.04 Å². The highest BCUT2D eigenvalue weighted by Gasteiger charge is 2.34. The molecule has 2 bridgehead atoms. The Hall–Kier alpha value is -2.04. The number of halogens is 1. The number of pyridine rings is 1. The van der Waals surface area contributed by atoms with Crippen LogP contribution in [-0.2, 0) is 11.3 Å². The smallest absolute Gasteiger partial charge is 0.212 e. The molecule has 2 aromatic rings. The van der Waals surface area contributed by atoms with E-state index in [1.807, 2.05) is 12.1 Å². The lowest BCUT2D eigenvalue weighted by Gasteiger charge is -2.44. The minimum Gasteiger partial charge on any atom is -0.378 e. The maximum atomic E-state index is 13.0. The molecular formula is C19H19FN2O. The maximum Gasteiger partial charge on any atom is 0.212 e. The second kappa shape index (κ2) is 6.22. The molecule has 0 amide bonds. The van der Waals surface area contributed by atoms with Crippen molar-refractivity contribution in [1.82, 2.24) is 9.88 Å². The summed E-state index contributed by atoms with van der Waals surface area (Å²) in [4.78, 5) is 6.30.